The third kappa shape index (κ3) is 2.62. The Morgan fingerprint density at radius 2 is 2.17 bits per heavy atom. The highest BCUT2D eigenvalue weighted by Gasteiger charge is 2.14. The van der Waals surface area contributed by atoms with Gasteiger partial charge in [-0.1, -0.05) is 11.2 Å². The molecule has 0 bridgehead atoms. The van der Waals surface area contributed by atoms with Crippen LogP contribution in [0.4, 0.5) is 11.4 Å². The molecule has 96 valence electrons. The molecule has 0 aliphatic rings. The van der Waals surface area contributed by atoms with Crippen molar-refractivity contribution in [3.63, 3.8) is 0 Å². The number of anilines is 2. The number of aromatic nitrogens is 1. The van der Waals surface area contributed by atoms with Crippen LogP contribution >= 0.6 is 0 Å². The molecule has 7 heteroatoms. The number of para-hydroxylation sites is 1. The average Bonchev–Trinajstić information content (AvgIpc) is 2.79. The number of nitrogens with two attached hydrogens (primary N) is 1. The van der Waals surface area contributed by atoms with Crippen molar-refractivity contribution in [3.05, 3.63) is 36.2 Å². The maximum atomic E-state index is 11.5. The van der Waals surface area contributed by atoms with Gasteiger partial charge in [-0.05, 0) is 12.1 Å². The molecule has 0 unspecified atom stereocenters. The van der Waals surface area contributed by atoms with E-state index >= 15 is 0 Å². The van der Waals surface area contributed by atoms with Crippen molar-refractivity contribution in [2.45, 2.75) is 11.4 Å². The van der Waals surface area contributed by atoms with Crippen LogP contribution in [0.15, 0.2) is 39.9 Å². The van der Waals surface area contributed by atoms with Crippen LogP contribution in [0.3, 0.4) is 0 Å². The summed E-state index contributed by atoms with van der Waals surface area (Å²) in [7, 11) is -3.33. The second-order valence-electron chi connectivity index (χ2n) is 3.82. The molecule has 2 aromatic rings. The van der Waals surface area contributed by atoms with Gasteiger partial charge in [0.2, 0.25) is 0 Å². The summed E-state index contributed by atoms with van der Waals surface area (Å²) in [5.41, 5.74) is 6.58. The Labute approximate surface area is 105 Å². The summed E-state index contributed by atoms with van der Waals surface area (Å²) in [6.45, 7) is 0.386. The summed E-state index contributed by atoms with van der Waals surface area (Å²) in [6.07, 6.45) is 2.66. The van der Waals surface area contributed by atoms with Gasteiger partial charge in [-0.3, -0.25) is 0 Å². The van der Waals surface area contributed by atoms with Crippen LogP contribution in [0.1, 0.15) is 5.76 Å². The minimum Gasteiger partial charge on any atom is -0.396 e. The zero-order valence-corrected chi connectivity index (χ0v) is 10.6. The summed E-state index contributed by atoms with van der Waals surface area (Å²) in [5, 5.41) is 6.58. The number of nitrogens with zero attached hydrogens (tertiary/aromatic N) is 1. The molecule has 0 spiro atoms. The predicted octanol–water partition coefficient (Wildman–Crippen LogP) is 1.27. The molecule has 0 aliphatic carbocycles. The number of nitrogens with one attached hydrogen (secondary N) is 1. The second-order valence-corrected chi connectivity index (χ2v) is 5.81. The molecular formula is C11H13N3O3S. The molecule has 0 radical (unpaired) electrons. The Hall–Kier alpha value is -2.02. The van der Waals surface area contributed by atoms with Crippen LogP contribution < -0.4 is 11.1 Å². The van der Waals surface area contributed by atoms with E-state index in [1.807, 2.05) is 0 Å². The van der Waals surface area contributed by atoms with Crippen LogP contribution in [0.5, 0.6) is 0 Å². The van der Waals surface area contributed by atoms with Crippen LogP contribution in [0.2, 0.25) is 0 Å². The lowest BCUT2D eigenvalue weighted by molar-refractivity contribution is 0.388. The molecule has 0 saturated carbocycles. The minimum atomic E-state index is -3.33. The van der Waals surface area contributed by atoms with Crippen molar-refractivity contribution in [2.75, 3.05) is 17.3 Å². The van der Waals surface area contributed by atoms with Gasteiger partial charge in [0.05, 0.1) is 29.0 Å². The number of sulfone groups is 1. The van der Waals surface area contributed by atoms with Crippen molar-refractivity contribution in [2.24, 2.45) is 0 Å². The number of benzene rings is 1. The van der Waals surface area contributed by atoms with Gasteiger partial charge in [0, 0.05) is 12.3 Å². The molecule has 3 N–H and O–H groups in total. The van der Waals surface area contributed by atoms with E-state index in [0.717, 1.165) is 6.26 Å². The molecule has 0 amide bonds. The fourth-order valence-corrected chi connectivity index (χ4v) is 2.37. The number of hydrogen-bond donors (Lipinski definition) is 2. The summed E-state index contributed by atoms with van der Waals surface area (Å²) < 4.78 is 27.9. The molecule has 6 nitrogen and oxygen atoms in total. The standard InChI is InChI=1S/C11H13N3O3S/c1-18(15,16)10-4-2-3-9(11(10)12)13-7-8-5-6-14-17-8/h2-6,13H,7,12H2,1H3. The van der Waals surface area contributed by atoms with Gasteiger partial charge in [-0.25, -0.2) is 8.42 Å². The molecule has 2 rings (SSSR count). The highest BCUT2D eigenvalue weighted by molar-refractivity contribution is 7.90. The lowest BCUT2D eigenvalue weighted by Crippen LogP contribution is -2.07. The molecular weight excluding hydrogens is 254 g/mol. The lowest BCUT2D eigenvalue weighted by Gasteiger charge is -2.10. The van der Waals surface area contributed by atoms with Crippen LogP contribution in [0, 0.1) is 0 Å². The Morgan fingerprint density at radius 3 is 2.78 bits per heavy atom. The second kappa shape index (κ2) is 4.69. The predicted molar refractivity (Wildman–Crippen MR) is 67.8 cm³/mol. The molecule has 0 fully saturated rings. The minimum absolute atomic E-state index is 0.116. The zero-order valence-electron chi connectivity index (χ0n) is 9.75. The van der Waals surface area contributed by atoms with Crippen molar-refractivity contribution in [3.8, 4) is 0 Å². The smallest absolute Gasteiger partial charge is 0.177 e. The van der Waals surface area contributed by atoms with E-state index in [4.69, 9.17) is 10.3 Å². The molecule has 1 aromatic heterocycles. The van der Waals surface area contributed by atoms with Crippen LogP contribution in [-0.4, -0.2) is 19.8 Å². The summed E-state index contributed by atoms with van der Waals surface area (Å²) in [5.74, 6) is 0.638. The topological polar surface area (TPSA) is 98.2 Å². The van der Waals surface area contributed by atoms with Gasteiger partial charge in [0.1, 0.15) is 0 Å². The molecule has 0 saturated heterocycles. The first-order valence-electron chi connectivity index (χ1n) is 5.20. The molecule has 0 atom stereocenters. The third-order valence-corrected chi connectivity index (χ3v) is 3.56. The number of nitrogen functional groups attached to an aromatic ring is 1. The Bertz CT molecular complexity index is 636. The number of hydrogen-bond acceptors (Lipinski definition) is 6. The summed E-state index contributed by atoms with van der Waals surface area (Å²) in [6, 6.07) is 6.53. The van der Waals surface area contributed by atoms with E-state index in [2.05, 4.69) is 10.5 Å². The number of rotatable bonds is 4. The van der Waals surface area contributed by atoms with Gasteiger partial charge in [-0.2, -0.15) is 0 Å². The Kier molecular flexibility index (Phi) is 3.24. The first-order chi connectivity index (χ1) is 8.48. The van der Waals surface area contributed by atoms with Crippen molar-refractivity contribution >= 4 is 21.2 Å². The maximum Gasteiger partial charge on any atom is 0.177 e. The molecule has 1 heterocycles. The first-order valence-corrected chi connectivity index (χ1v) is 7.09. The van der Waals surface area contributed by atoms with Gasteiger partial charge in [0.15, 0.2) is 15.6 Å². The third-order valence-electron chi connectivity index (χ3n) is 2.41. The van der Waals surface area contributed by atoms with E-state index in [9.17, 15) is 8.42 Å². The van der Waals surface area contributed by atoms with E-state index in [1.165, 1.54) is 12.3 Å². The monoisotopic (exact) mass is 267 g/mol. The van der Waals surface area contributed by atoms with Crippen LogP contribution in [0.25, 0.3) is 0 Å². The van der Waals surface area contributed by atoms with Gasteiger partial charge in [-0.15, -0.1) is 0 Å². The van der Waals surface area contributed by atoms with Crippen molar-refractivity contribution < 1.29 is 12.9 Å². The van der Waals surface area contributed by atoms with E-state index in [-0.39, 0.29) is 10.6 Å². The highest BCUT2D eigenvalue weighted by atomic mass is 32.2. The highest BCUT2D eigenvalue weighted by Crippen LogP contribution is 2.26. The van der Waals surface area contributed by atoms with E-state index < -0.39 is 9.84 Å². The van der Waals surface area contributed by atoms with Gasteiger partial charge < -0.3 is 15.6 Å². The summed E-state index contributed by atoms with van der Waals surface area (Å²) in [4.78, 5) is 0.116. The maximum absolute atomic E-state index is 11.5. The normalized spacial score (nSPS) is 11.4. The van der Waals surface area contributed by atoms with E-state index in [1.54, 1.807) is 18.2 Å². The van der Waals surface area contributed by atoms with E-state index in [0.29, 0.717) is 18.0 Å². The van der Waals surface area contributed by atoms with Crippen LogP contribution in [-0.2, 0) is 16.4 Å². The fraction of sp³-hybridized carbons (Fsp3) is 0.182. The fourth-order valence-electron chi connectivity index (χ4n) is 1.54. The largest absolute Gasteiger partial charge is 0.396 e. The Balaban J connectivity index is 2.24. The van der Waals surface area contributed by atoms with Gasteiger partial charge in [0.25, 0.3) is 0 Å². The van der Waals surface area contributed by atoms with Gasteiger partial charge >= 0.3 is 0 Å². The zero-order chi connectivity index (χ0) is 13.2. The molecule has 1 aromatic carbocycles. The SMILES string of the molecule is CS(=O)(=O)c1cccc(NCc2ccno2)c1N. The quantitative estimate of drug-likeness (QED) is 0.809. The average molecular weight is 267 g/mol. The van der Waals surface area contributed by atoms with Crippen molar-refractivity contribution in [1.82, 2.24) is 5.16 Å². The summed E-state index contributed by atoms with van der Waals surface area (Å²) >= 11 is 0. The molecule has 18 heavy (non-hydrogen) atoms. The molecule has 0 aliphatic heterocycles. The van der Waals surface area contributed by atoms with Crippen molar-refractivity contribution in [1.29, 1.82) is 0 Å². The lowest BCUT2D eigenvalue weighted by atomic mass is 10.2. The first kappa shape index (κ1) is 12.4. The Morgan fingerprint density at radius 1 is 1.39 bits per heavy atom.